The quantitative estimate of drug-likeness (QED) is 0.525. The van der Waals surface area contributed by atoms with Gasteiger partial charge >= 0.3 is 0 Å². The highest BCUT2D eigenvalue weighted by Gasteiger charge is 2.17. The van der Waals surface area contributed by atoms with Crippen LogP contribution in [0.5, 0.6) is 5.75 Å². The van der Waals surface area contributed by atoms with Crippen molar-refractivity contribution in [2.24, 2.45) is 0 Å². The van der Waals surface area contributed by atoms with Crippen molar-refractivity contribution in [3.63, 3.8) is 0 Å². The predicted octanol–water partition coefficient (Wildman–Crippen LogP) is 3.74. The first-order valence-corrected chi connectivity index (χ1v) is 11.7. The lowest BCUT2D eigenvalue weighted by molar-refractivity contribution is 0.0931. The van der Waals surface area contributed by atoms with Crippen molar-refractivity contribution in [1.82, 2.24) is 20.1 Å². The van der Waals surface area contributed by atoms with E-state index < -0.39 is 5.82 Å². The number of carbonyl (C=O) groups is 1. The van der Waals surface area contributed by atoms with Crippen LogP contribution in [0.1, 0.15) is 28.4 Å². The van der Waals surface area contributed by atoms with E-state index in [0.29, 0.717) is 12.1 Å². The molecule has 1 saturated heterocycles. The molecular formula is C27H31FN4O2. The number of ether oxygens (including phenoxy) is 1. The van der Waals surface area contributed by atoms with Crippen LogP contribution in [0.4, 0.5) is 4.39 Å². The van der Waals surface area contributed by atoms with E-state index in [4.69, 9.17) is 4.74 Å². The number of nitrogens with one attached hydrogen (secondary N) is 1. The summed E-state index contributed by atoms with van der Waals surface area (Å²) in [4.78, 5) is 21.3. The number of hydrogen-bond donors (Lipinski definition) is 1. The lowest BCUT2D eigenvalue weighted by Gasteiger charge is -2.34. The zero-order chi connectivity index (χ0) is 23.8. The van der Waals surface area contributed by atoms with Crippen molar-refractivity contribution in [3.05, 3.63) is 95.6 Å². The molecule has 0 aliphatic carbocycles. The van der Waals surface area contributed by atoms with Crippen LogP contribution in [-0.2, 0) is 13.1 Å². The molecule has 1 amide bonds. The van der Waals surface area contributed by atoms with Gasteiger partial charge in [0, 0.05) is 57.2 Å². The zero-order valence-electron chi connectivity index (χ0n) is 19.5. The van der Waals surface area contributed by atoms with Crippen molar-refractivity contribution in [3.8, 4) is 5.75 Å². The molecule has 0 unspecified atom stereocenters. The number of amides is 1. The molecule has 178 valence electrons. The van der Waals surface area contributed by atoms with Gasteiger partial charge in [0.1, 0.15) is 17.7 Å². The lowest BCUT2D eigenvalue weighted by Crippen LogP contribution is -2.45. The molecule has 1 aliphatic rings. The summed E-state index contributed by atoms with van der Waals surface area (Å²) >= 11 is 0. The third kappa shape index (κ3) is 7.10. The normalized spacial score (nSPS) is 15.6. The van der Waals surface area contributed by atoms with Crippen LogP contribution in [0.2, 0.25) is 0 Å². The van der Waals surface area contributed by atoms with Crippen molar-refractivity contribution >= 4 is 5.91 Å². The first-order valence-electron chi connectivity index (χ1n) is 11.7. The summed E-state index contributed by atoms with van der Waals surface area (Å²) in [5.41, 5.74) is 2.81. The predicted molar refractivity (Wildman–Crippen MR) is 130 cm³/mol. The minimum Gasteiger partial charge on any atom is -0.489 e. The van der Waals surface area contributed by atoms with E-state index >= 15 is 0 Å². The van der Waals surface area contributed by atoms with Gasteiger partial charge in [0.15, 0.2) is 0 Å². The monoisotopic (exact) mass is 462 g/mol. The van der Waals surface area contributed by atoms with Crippen LogP contribution in [-0.4, -0.2) is 59.5 Å². The molecule has 0 saturated carbocycles. The van der Waals surface area contributed by atoms with Gasteiger partial charge < -0.3 is 10.1 Å². The fourth-order valence-electron chi connectivity index (χ4n) is 4.03. The van der Waals surface area contributed by atoms with Crippen molar-refractivity contribution in [1.29, 1.82) is 0 Å². The van der Waals surface area contributed by atoms with Crippen LogP contribution in [0.3, 0.4) is 0 Å². The van der Waals surface area contributed by atoms with Gasteiger partial charge in [-0.15, -0.1) is 0 Å². The Labute approximate surface area is 200 Å². The van der Waals surface area contributed by atoms with Crippen LogP contribution in [0.15, 0.2) is 73.1 Å². The second kappa shape index (κ2) is 11.7. The van der Waals surface area contributed by atoms with Gasteiger partial charge in [-0.2, -0.15) is 0 Å². The molecule has 34 heavy (non-hydrogen) atoms. The lowest BCUT2D eigenvalue weighted by atomic mass is 10.1. The molecule has 1 fully saturated rings. The molecule has 3 aromatic rings. The smallest absolute Gasteiger partial charge is 0.251 e. The number of benzene rings is 2. The summed E-state index contributed by atoms with van der Waals surface area (Å²) in [6, 6.07) is 17.9. The molecule has 2 aromatic carbocycles. The summed E-state index contributed by atoms with van der Waals surface area (Å²) in [6.07, 6.45) is 3.54. The van der Waals surface area contributed by atoms with Gasteiger partial charge in [-0.1, -0.05) is 24.3 Å². The summed E-state index contributed by atoms with van der Waals surface area (Å²) in [6.45, 7) is 8.28. The highest BCUT2D eigenvalue weighted by atomic mass is 19.1. The summed E-state index contributed by atoms with van der Waals surface area (Å²) in [5, 5.41) is 2.79. The number of aromatic nitrogens is 1. The van der Waals surface area contributed by atoms with E-state index in [9.17, 15) is 9.18 Å². The molecule has 1 aromatic heterocycles. The molecule has 6 nitrogen and oxygen atoms in total. The number of hydrogen-bond acceptors (Lipinski definition) is 5. The Morgan fingerprint density at radius 2 is 1.71 bits per heavy atom. The molecule has 1 N–H and O–H groups in total. The van der Waals surface area contributed by atoms with Crippen LogP contribution in [0, 0.1) is 5.82 Å². The Kier molecular flexibility index (Phi) is 8.22. The number of halogens is 1. The average Bonchev–Trinajstić information content (AvgIpc) is 2.85. The molecule has 7 heteroatoms. The second-order valence-corrected chi connectivity index (χ2v) is 8.71. The highest BCUT2D eigenvalue weighted by molar-refractivity contribution is 5.94. The molecular weight excluding hydrogens is 431 g/mol. The Balaban J connectivity index is 1.18. The molecule has 2 heterocycles. The first-order chi connectivity index (χ1) is 16.5. The van der Waals surface area contributed by atoms with Gasteiger partial charge in [0.05, 0.1) is 6.54 Å². The number of pyridine rings is 1. The molecule has 1 atom stereocenters. The number of piperazine rings is 1. The van der Waals surface area contributed by atoms with E-state index in [1.165, 1.54) is 29.3 Å². The van der Waals surface area contributed by atoms with E-state index in [0.717, 1.165) is 45.0 Å². The van der Waals surface area contributed by atoms with Crippen LogP contribution < -0.4 is 10.1 Å². The van der Waals surface area contributed by atoms with E-state index in [-0.39, 0.29) is 12.0 Å². The Morgan fingerprint density at radius 1 is 1.00 bits per heavy atom. The van der Waals surface area contributed by atoms with Gasteiger partial charge in [-0.3, -0.25) is 19.6 Å². The van der Waals surface area contributed by atoms with E-state index in [1.807, 2.05) is 37.5 Å². The standard InChI is InChI=1S/C27H31FN4O2/c1-21(17-30-27(33)24-5-2-6-25(28)16-24)34-26-9-7-22(8-10-26)19-31-12-14-32(15-13-31)20-23-4-3-11-29-18-23/h2-11,16,18,21H,12-15,17,19-20H2,1H3,(H,30,33)/t21-/m0/s1. The highest BCUT2D eigenvalue weighted by Crippen LogP contribution is 2.16. The topological polar surface area (TPSA) is 57.7 Å². The van der Waals surface area contributed by atoms with Crippen LogP contribution in [0.25, 0.3) is 0 Å². The first kappa shape index (κ1) is 23.9. The number of nitrogens with zero attached hydrogens (tertiary/aromatic N) is 3. The minimum absolute atomic E-state index is 0.212. The Morgan fingerprint density at radius 3 is 2.35 bits per heavy atom. The fraction of sp³-hybridized carbons (Fsp3) is 0.333. The van der Waals surface area contributed by atoms with Gasteiger partial charge in [0.2, 0.25) is 0 Å². The fourth-order valence-corrected chi connectivity index (χ4v) is 4.03. The summed E-state index contributed by atoms with van der Waals surface area (Å²) < 4.78 is 19.2. The SMILES string of the molecule is C[C@@H](CNC(=O)c1cccc(F)c1)Oc1ccc(CN2CCN(Cc3cccnc3)CC2)cc1. The third-order valence-corrected chi connectivity index (χ3v) is 5.90. The molecule has 0 bridgehead atoms. The maximum atomic E-state index is 13.3. The summed E-state index contributed by atoms with van der Waals surface area (Å²) in [7, 11) is 0. The zero-order valence-corrected chi connectivity index (χ0v) is 19.5. The number of carbonyl (C=O) groups excluding carboxylic acids is 1. The molecule has 0 radical (unpaired) electrons. The maximum Gasteiger partial charge on any atom is 0.251 e. The summed E-state index contributed by atoms with van der Waals surface area (Å²) in [5.74, 6) is 0.0204. The van der Waals surface area contributed by atoms with Crippen molar-refractivity contribution in [2.45, 2.75) is 26.1 Å². The van der Waals surface area contributed by atoms with E-state index in [2.05, 4.69) is 38.3 Å². The molecule has 1 aliphatic heterocycles. The van der Waals surface area contributed by atoms with E-state index in [1.54, 1.807) is 6.07 Å². The number of rotatable bonds is 9. The third-order valence-electron chi connectivity index (χ3n) is 5.90. The second-order valence-electron chi connectivity index (χ2n) is 8.71. The van der Waals surface area contributed by atoms with Crippen LogP contribution >= 0.6 is 0 Å². The van der Waals surface area contributed by atoms with Crippen molar-refractivity contribution in [2.75, 3.05) is 32.7 Å². The van der Waals surface area contributed by atoms with Gasteiger partial charge in [-0.05, 0) is 54.4 Å². The average molecular weight is 463 g/mol. The maximum absolute atomic E-state index is 13.3. The minimum atomic E-state index is -0.427. The van der Waals surface area contributed by atoms with Crippen molar-refractivity contribution < 1.29 is 13.9 Å². The van der Waals surface area contributed by atoms with Gasteiger partial charge in [0.25, 0.3) is 5.91 Å². The van der Waals surface area contributed by atoms with Gasteiger partial charge in [-0.25, -0.2) is 4.39 Å². The Hall–Kier alpha value is -3.29. The Bertz CT molecular complexity index is 1050. The molecule has 4 rings (SSSR count). The largest absolute Gasteiger partial charge is 0.489 e. The molecule has 0 spiro atoms.